The van der Waals surface area contributed by atoms with E-state index in [0.717, 1.165) is 43.4 Å². The van der Waals surface area contributed by atoms with E-state index in [1.165, 1.54) is 6.07 Å². The summed E-state index contributed by atoms with van der Waals surface area (Å²) in [6.45, 7) is 0.00522. The lowest BCUT2D eigenvalue weighted by atomic mass is 9.42. The molecule has 160 valence electrons. The minimum absolute atomic E-state index is 0.00522. The van der Waals surface area contributed by atoms with Crippen LogP contribution in [0.25, 0.3) is 11.3 Å². The number of aromatic nitrogens is 2. The van der Waals surface area contributed by atoms with Gasteiger partial charge >= 0.3 is 0 Å². The Morgan fingerprint density at radius 1 is 1.20 bits per heavy atom. The highest BCUT2D eigenvalue weighted by Gasteiger charge is 2.63. The molecule has 0 radical (unpaired) electrons. The average molecular weight is 413 g/mol. The first-order valence-corrected chi connectivity index (χ1v) is 11.3. The van der Waals surface area contributed by atoms with Crippen LogP contribution in [0.15, 0.2) is 30.7 Å². The Morgan fingerprint density at radius 3 is 2.70 bits per heavy atom. The Labute approximate surface area is 175 Å². The van der Waals surface area contributed by atoms with Gasteiger partial charge in [-0.15, -0.1) is 0 Å². The predicted molar refractivity (Wildman–Crippen MR) is 109 cm³/mol. The maximum Gasteiger partial charge on any atom is 0.129 e. The Kier molecular flexibility index (Phi) is 4.03. The summed E-state index contributed by atoms with van der Waals surface area (Å²) in [6, 6.07) is 4.90. The van der Waals surface area contributed by atoms with E-state index in [-0.39, 0.29) is 35.7 Å². The molecule has 4 aliphatic carbocycles. The van der Waals surface area contributed by atoms with Gasteiger partial charge in [-0.25, -0.2) is 9.37 Å². The fraction of sp³-hybridized carbons (Fsp3) is 0.625. The number of halogens is 1. The predicted octanol–water partition coefficient (Wildman–Crippen LogP) is 3.28. The molecule has 4 unspecified atom stereocenters. The van der Waals surface area contributed by atoms with E-state index in [0.29, 0.717) is 24.3 Å². The third kappa shape index (κ3) is 2.41. The summed E-state index contributed by atoms with van der Waals surface area (Å²) < 4.78 is 16.8. The van der Waals surface area contributed by atoms with E-state index < -0.39 is 11.7 Å². The van der Waals surface area contributed by atoms with Gasteiger partial charge in [-0.1, -0.05) is 12.1 Å². The van der Waals surface area contributed by atoms with E-state index in [1.54, 1.807) is 18.6 Å². The first kappa shape index (κ1) is 19.0. The molecule has 0 saturated heterocycles. The summed E-state index contributed by atoms with van der Waals surface area (Å²) in [5.74, 6) is 0.590. The molecule has 2 heterocycles. The van der Waals surface area contributed by atoms with Crippen molar-refractivity contribution in [2.45, 2.75) is 62.7 Å². The Bertz CT molecular complexity index is 973. The highest BCUT2D eigenvalue weighted by atomic mass is 19.1. The summed E-state index contributed by atoms with van der Waals surface area (Å²) in [5, 5.41) is 32.4. The van der Waals surface area contributed by atoms with Crippen molar-refractivity contribution in [3.05, 3.63) is 42.1 Å². The third-order valence-corrected chi connectivity index (χ3v) is 8.98. The average Bonchev–Trinajstić information content (AvgIpc) is 3.29. The molecular formula is C24H29FN2O3. The normalized spacial score (nSPS) is 39.2. The number of hydrogen-bond acceptors (Lipinski definition) is 4. The van der Waals surface area contributed by atoms with Gasteiger partial charge in [0.25, 0.3) is 0 Å². The fourth-order valence-corrected chi connectivity index (χ4v) is 7.82. The van der Waals surface area contributed by atoms with Crippen LogP contribution >= 0.6 is 0 Å². The van der Waals surface area contributed by atoms with Gasteiger partial charge in [0.15, 0.2) is 0 Å². The van der Waals surface area contributed by atoms with Crippen LogP contribution in [0.4, 0.5) is 4.39 Å². The quantitative estimate of drug-likeness (QED) is 0.704. The molecule has 1 aromatic carbocycles. The molecule has 30 heavy (non-hydrogen) atoms. The number of rotatable bonds is 5. The number of aliphatic hydroxyl groups excluding tert-OH is 2. The molecular weight excluding hydrogens is 383 g/mol. The molecule has 0 amide bonds. The standard InChI is InChI=1S/C24H29FN2O3/c25-18-3-1-2-17-20-12-26-13-27(20)19(22(17)18)8-21(29)23-9-14-6-15(10-23)24(30,4-5-28)16(7-14)11-23/h1-3,12-16,19,21,28-30H,4-11H2. The molecule has 3 N–H and O–H groups in total. The summed E-state index contributed by atoms with van der Waals surface area (Å²) in [4.78, 5) is 4.26. The molecule has 5 aliphatic rings. The number of imidazole rings is 1. The highest BCUT2D eigenvalue weighted by Crippen LogP contribution is 2.66. The molecule has 7 rings (SSSR count). The van der Waals surface area contributed by atoms with Crippen molar-refractivity contribution in [3.8, 4) is 11.3 Å². The summed E-state index contributed by atoms with van der Waals surface area (Å²) in [5.41, 5.74) is 1.43. The van der Waals surface area contributed by atoms with Crippen molar-refractivity contribution in [3.63, 3.8) is 0 Å². The second kappa shape index (κ2) is 6.38. The molecule has 4 fully saturated rings. The number of fused-ring (bicyclic) bond motifs is 3. The van der Waals surface area contributed by atoms with Gasteiger partial charge in [0, 0.05) is 17.7 Å². The molecule has 4 bridgehead atoms. The maximum absolute atomic E-state index is 14.8. The van der Waals surface area contributed by atoms with E-state index in [2.05, 4.69) is 4.98 Å². The monoisotopic (exact) mass is 412 g/mol. The largest absolute Gasteiger partial charge is 0.396 e. The zero-order valence-electron chi connectivity index (χ0n) is 17.0. The molecule has 4 atom stereocenters. The molecule has 6 heteroatoms. The zero-order valence-corrected chi connectivity index (χ0v) is 17.0. The van der Waals surface area contributed by atoms with Crippen LogP contribution in [-0.2, 0) is 0 Å². The molecule has 2 aromatic rings. The van der Waals surface area contributed by atoms with E-state index in [4.69, 9.17) is 0 Å². The van der Waals surface area contributed by atoms with Crippen LogP contribution in [0.3, 0.4) is 0 Å². The van der Waals surface area contributed by atoms with Gasteiger partial charge in [-0.3, -0.25) is 0 Å². The van der Waals surface area contributed by atoms with Crippen molar-refractivity contribution in [1.29, 1.82) is 0 Å². The van der Waals surface area contributed by atoms with Gasteiger partial charge in [-0.2, -0.15) is 0 Å². The van der Waals surface area contributed by atoms with Gasteiger partial charge in [0.2, 0.25) is 0 Å². The van der Waals surface area contributed by atoms with E-state index in [9.17, 15) is 19.7 Å². The Morgan fingerprint density at radius 2 is 1.97 bits per heavy atom. The second-order valence-electron chi connectivity index (χ2n) is 10.3. The number of hydrogen-bond donors (Lipinski definition) is 3. The topological polar surface area (TPSA) is 78.5 Å². The van der Waals surface area contributed by atoms with Crippen molar-refractivity contribution >= 4 is 0 Å². The first-order chi connectivity index (χ1) is 14.4. The Balaban J connectivity index is 1.32. The van der Waals surface area contributed by atoms with Crippen LogP contribution in [0.5, 0.6) is 0 Å². The summed E-state index contributed by atoms with van der Waals surface area (Å²) in [7, 11) is 0. The first-order valence-electron chi connectivity index (χ1n) is 11.3. The van der Waals surface area contributed by atoms with Gasteiger partial charge in [0.05, 0.1) is 36.0 Å². The smallest absolute Gasteiger partial charge is 0.129 e. The lowest BCUT2D eigenvalue weighted by molar-refractivity contribution is -0.229. The number of nitrogens with zero attached hydrogens (tertiary/aromatic N) is 2. The lowest BCUT2D eigenvalue weighted by Crippen LogP contribution is -2.63. The molecule has 1 aromatic heterocycles. The number of benzene rings is 1. The van der Waals surface area contributed by atoms with Crippen molar-refractivity contribution in [2.24, 2.45) is 23.2 Å². The van der Waals surface area contributed by atoms with Crippen LogP contribution < -0.4 is 0 Å². The molecule has 4 saturated carbocycles. The van der Waals surface area contributed by atoms with Gasteiger partial charge in [-0.05, 0) is 74.2 Å². The van der Waals surface area contributed by atoms with Crippen molar-refractivity contribution < 1.29 is 19.7 Å². The van der Waals surface area contributed by atoms with Crippen LogP contribution in [0.2, 0.25) is 0 Å². The minimum Gasteiger partial charge on any atom is -0.396 e. The molecule has 5 nitrogen and oxygen atoms in total. The fourth-order valence-electron chi connectivity index (χ4n) is 7.82. The van der Waals surface area contributed by atoms with Gasteiger partial charge < -0.3 is 19.9 Å². The van der Waals surface area contributed by atoms with Crippen LogP contribution in [0.1, 0.15) is 56.6 Å². The minimum atomic E-state index is -0.793. The molecule has 1 aliphatic heterocycles. The summed E-state index contributed by atoms with van der Waals surface area (Å²) >= 11 is 0. The SMILES string of the molecule is OCCC1(O)C2CC3CC1CC(C(O)CC1c4c(F)cccc4-c4cncn41)(C3)C2. The third-order valence-electron chi connectivity index (χ3n) is 8.98. The van der Waals surface area contributed by atoms with Crippen LogP contribution in [0, 0.1) is 29.0 Å². The van der Waals surface area contributed by atoms with Crippen molar-refractivity contribution in [2.75, 3.05) is 6.61 Å². The second-order valence-corrected chi connectivity index (χ2v) is 10.3. The van der Waals surface area contributed by atoms with E-state index >= 15 is 0 Å². The van der Waals surface area contributed by atoms with Crippen LogP contribution in [-0.4, -0.2) is 43.2 Å². The molecule has 0 spiro atoms. The lowest BCUT2D eigenvalue weighted by Gasteiger charge is -2.65. The number of aliphatic hydroxyl groups is 3. The van der Waals surface area contributed by atoms with Crippen molar-refractivity contribution in [1.82, 2.24) is 9.55 Å². The zero-order chi connectivity index (χ0) is 20.7. The summed E-state index contributed by atoms with van der Waals surface area (Å²) in [6.07, 6.45) is 8.41. The maximum atomic E-state index is 14.8. The Hall–Kier alpha value is -1.76. The highest BCUT2D eigenvalue weighted by molar-refractivity contribution is 5.69. The van der Waals surface area contributed by atoms with Gasteiger partial charge in [0.1, 0.15) is 5.82 Å². The van der Waals surface area contributed by atoms with E-state index in [1.807, 2.05) is 10.6 Å².